The van der Waals surface area contributed by atoms with Gasteiger partial charge in [0.25, 0.3) is 0 Å². The van der Waals surface area contributed by atoms with Crippen molar-refractivity contribution >= 4 is 0 Å². The summed E-state index contributed by atoms with van der Waals surface area (Å²) in [6.45, 7) is 6.99. The standard InChI is InChI=1S/C13H14F3NO.C2H6/c1-7-4-11-12(17-6-7)9-3-2-8(13(14,15)16)5-10(9)18-11;1-2/h2-3,5,7,11-12,17H,4,6H2,1H3;1-2H3/t7-,11?,12-;/m0./s1. The van der Waals surface area contributed by atoms with Gasteiger partial charge in [0.15, 0.2) is 0 Å². The molecule has 2 aliphatic heterocycles. The Morgan fingerprint density at radius 1 is 1.25 bits per heavy atom. The molecule has 112 valence electrons. The van der Waals surface area contributed by atoms with Gasteiger partial charge in [0, 0.05) is 5.56 Å². The van der Waals surface area contributed by atoms with Crippen molar-refractivity contribution in [2.24, 2.45) is 5.92 Å². The van der Waals surface area contributed by atoms with Crippen molar-refractivity contribution in [2.45, 2.75) is 45.5 Å². The lowest BCUT2D eigenvalue weighted by Crippen LogP contribution is -2.41. The maximum Gasteiger partial charge on any atom is 0.416 e. The molecule has 0 aliphatic carbocycles. The third-order valence-corrected chi connectivity index (χ3v) is 3.65. The number of rotatable bonds is 0. The molecule has 3 rings (SSSR count). The second-order valence-corrected chi connectivity index (χ2v) is 5.13. The van der Waals surface area contributed by atoms with E-state index in [1.807, 2.05) is 13.8 Å². The molecular formula is C15H20F3NO. The smallest absolute Gasteiger partial charge is 0.416 e. The van der Waals surface area contributed by atoms with Gasteiger partial charge in [-0.1, -0.05) is 26.8 Å². The molecule has 2 nitrogen and oxygen atoms in total. The van der Waals surface area contributed by atoms with E-state index in [-0.39, 0.29) is 12.1 Å². The molecule has 1 aromatic rings. The van der Waals surface area contributed by atoms with Gasteiger partial charge in [-0.2, -0.15) is 13.2 Å². The first-order valence-corrected chi connectivity index (χ1v) is 7.06. The first-order chi connectivity index (χ1) is 9.45. The maximum atomic E-state index is 12.6. The van der Waals surface area contributed by atoms with Crippen LogP contribution in [0.4, 0.5) is 13.2 Å². The summed E-state index contributed by atoms with van der Waals surface area (Å²) in [5.41, 5.74) is 0.202. The molecule has 1 aromatic carbocycles. The number of hydrogen-bond donors (Lipinski definition) is 1. The zero-order chi connectivity index (χ0) is 14.9. The number of alkyl halides is 3. The lowest BCUT2D eigenvalue weighted by atomic mass is 9.91. The van der Waals surface area contributed by atoms with Gasteiger partial charge in [0.05, 0.1) is 11.6 Å². The molecule has 5 heteroatoms. The van der Waals surface area contributed by atoms with Crippen molar-refractivity contribution < 1.29 is 17.9 Å². The van der Waals surface area contributed by atoms with Crippen LogP contribution in [0, 0.1) is 5.92 Å². The van der Waals surface area contributed by atoms with E-state index < -0.39 is 11.7 Å². The summed E-state index contributed by atoms with van der Waals surface area (Å²) in [5, 5.41) is 3.34. The average Bonchev–Trinajstić information content (AvgIpc) is 2.76. The molecule has 0 radical (unpaired) electrons. The van der Waals surface area contributed by atoms with Gasteiger partial charge >= 0.3 is 6.18 Å². The average molecular weight is 287 g/mol. The zero-order valence-corrected chi connectivity index (χ0v) is 11.9. The van der Waals surface area contributed by atoms with Crippen LogP contribution >= 0.6 is 0 Å². The summed E-state index contributed by atoms with van der Waals surface area (Å²) in [7, 11) is 0. The van der Waals surface area contributed by atoms with Crippen molar-refractivity contribution in [1.29, 1.82) is 0 Å². The third-order valence-electron chi connectivity index (χ3n) is 3.65. The van der Waals surface area contributed by atoms with E-state index in [1.54, 1.807) is 0 Å². The van der Waals surface area contributed by atoms with Crippen LogP contribution < -0.4 is 10.1 Å². The topological polar surface area (TPSA) is 21.3 Å². The van der Waals surface area contributed by atoms with Crippen LogP contribution in [0.2, 0.25) is 0 Å². The van der Waals surface area contributed by atoms with E-state index in [4.69, 9.17) is 4.74 Å². The van der Waals surface area contributed by atoms with Crippen molar-refractivity contribution in [3.63, 3.8) is 0 Å². The molecule has 20 heavy (non-hydrogen) atoms. The SMILES string of the molecule is CC.C[C@@H]1CN[C@H]2c3ccc(C(F)(F)F)cc3OC2C1. The maximum absolute atomic E-state index is 12.6. The lowest BCUT2D eigenvalue weighted by Gasteiger charge is -2.29. The third kappa shape index (κ3) is 2.77. The first kappa shape index (κ1) is 15.2. The Labute approximate surface area is 117 Å². The van der Waals surface area contributed by atoms with Gasteiger partial charge in [-0.05, 0) is 31.0 Å². The minimum atomic E-state index is -4.31. The van der Waals surface area contributed by atoms with Crippen LogP contribution in [0.1, 0.15) is 44.4 Å². The summed E-state index contributed by atoms with van der Waals surface area (Å²) in [4.78, 5) is 0. The van der Waals surface area contributed by atoms with E-state index in [1.165, 1.54) is 6.07 Å². The van der Waals surface area contributed by atoms with Crippen LogP contribution in [-0.4, -0.2) is 12.6 Å². The molecule has 3 atom stereocenters. The second kappa shape index (κ2) is 5.64. The molecule has 1 N–H and O–H groups in total. The summed E-state index contributed by atoms with van der Waals surface area (Å²) < 4.78 is 43.5. The fraction of sp³-hybridized carbons (Fsp3) is 0.600. The predicted octanol–water partition coefficient (Wildman–Crippen LogP) is 4.16. The zero-order valence-electron chi connectivity index (χ0n) is 11.9. The molecule has 0 bridgehead atoms. The normalized spacial score (nSPS) is 27.8. The highest BCUT2D eigenvalue weighted by atomic mass is 19.4. The Morgan fingerprint density at radius 2 is 1.95 bits per heavy atom. The highest BCUT2D eigenvalue weighted by Gasteiger charge is 2.40. The van der Waals surface area contributed by atoms with Crippen molar-refractivity contribution in [3.8, 4) is 5.75 Å². The first-order valence-electron chi connectivity index (χ1n) is 7.06. The molecule has 0 amide bonds. The largest absolute Gasteiger partial charge is 0.488 e. The number of nitrogens with one attached hydrogen (secondary N) is 1. The molecular weight excluding hydrogens is 267 g/mol. The van der Waals surface area contributed by atoms with Crippen molar-refractivity contribution in [2.75, 3.05) is 6.54 Å². The van der Waals surface area contributed by atoms with Crippen molar-refractivity contribution in [3.05, 3.63) is 29.3 Å². The lowest BCUT2D eigenvalue weighted by molar-refractivity contribution is -0.137. The molecule has 2 aliphatic rings. The Hall–Kier alpha value is -1.23. The number of hydrogen-bond acceptors (Lipinski definition) is 2. The number of halogens is 3. The summed E-state index contributed by atoms with van der Waals surface area (Å²) >= 11 is 0. The molecule has 0 spiro atoms. The number of benzene rings is 1. The van der Waals surface area contributed by atoms with Gasteiger partial charge in [0.1, 0.15) is 11.9 Å². The molecule has 1 unspecified atom stereocenters. The molecule has 0 aromatic heterocycles. The molecule has 1 fully saturated rings. The molecule has 1 saturated heterocycles. The van der Waals surface area contributed by atoms with Gasteiger partial charge in [-0.25, -0.2) is 0 Å². The predicted molar refractivity (Wildman–Crippen MR) is 71.7 cm³/mol. The van der Waals surface area contributed by atoms with Crippen LogP contribution in [0.5, 0.6) is 5.75 Å². The summed E-state index contributed by atoms with van der Waals surface area (Å²) in [5.74, 6) is 0.865. The van der Waals surface area contributed by atoms with Crippen LogP contribution in [0.3, 0.4) is 0 Å². The minimum absolute atomic E-state index is 0.0350. The van der Waals surface area contributed by atoms with Gasteiger partial charge < -0.3 is 10.1 Å². The Balaban J connectivity index is 0.000000704. The van der Waals surface area contributed by atoms with Gasteiger partial charge in [-0.3, -0.25) is 0 Å². The molecule has 2 heterocycles. The van der Waals surface area contributed by atoms with Gasteiger partial charge in [0.2, 0.25) is 0 Å². The number of piperidine rings is 1. The monoisotopic (exact) mass is 287 g/mol. The highest BCUT2D eigenvalue weighted by Crippen LogP contribution is 2.43. The van der Waals surface area contributed by atoms with Crippen LogP contribution in [-0.2, 0) is 6.18 Å². The minimum Gasteiger partial charge on any atom is -0.488 e. The Bertz CT molecular complexity index is 473. The quantitative estimate of drug-likeness (QED) is 0.773. The fourth-order valence-corrected chi connectivity index (χ4v) is 2.73. The second-order valence-electron chi connectivity index (χ2n) is 5.13. The van der Waals surface area contributed by atoms with E-state index >= 15 is 0 Å². The van der Waals surface area contributed by atoms with E-state index in [0.717, 1.165) is 30.7 Å². The number of ether oxygens (including phenoxy) is 1. The fourth-order valence-electron chi connectivity index (χ4n) is 2.73. The number of fused-ring (bicyclic) bond motifs is 3. The van der Waals surface area contributed by atoms with E-state index in [0.29, 0.717) is 11.7 Å². The van der Waals surface area contributed by atoms with Crippen LogP contribution in [0.25, 0.3) is 0 Å². The summed E-state index contributed by atoms with van der Waals surface area (Å²) in [6, 6.07) is 3.81. The van der Waals surface area contributed by atoms with Crippen molar-refractivity contribution in [1.82, 2.24) is 5.32 Å². The van der Waals surface area contributed by atoms with Crippen LogP contribution in [0.15, 0.2) is 18.2 Å². The summed E-state index contributed by atoms with van der Waals surface area (Å²) in [6.07, 6.45) is -3.46. The van der Waals surface area contributed by atoms with Gasteiger partial charge in [-0.15, -0.1) is 0 Å². The molecule has 0 saturated carbocycles. The Kier molecular flexibility index (Phi) is 4.28. The highest BCUT2D eigenvalue weighted by molar-refractivity contribution is 5.44. The van der Waals surface area contributed by atoms with E-state index in [2.05, 4.69) is 12.2 Å². The van der Waals surface area contributed by atoms with E-state index in [9.17, 15) is 13.2 Å². The Morgan fingerprint density at radius 3 is 2.60 bits per heavy atom.